The number of anilines is 1. The quantitative estimate of drug-likeness (QED) is 0.903. The highest BCUT2D eigenvalue weighted by atomic mass is 19.4. The van der Waals surface area contributed by atoms with Crippen molar-refractivity contribution in [3.05, 3.63) is 41.5 Å². The molecule has 1 fully saturated rings. The molecule has 2 amide bonds. The highest BCUT2D eigenvalue weighted by Crippen LogP contribution is 2.33. The predicted octanol–water partition coefficient (Wildman–Crippen LogP) is 3.77. The second-order valence-electron chi connectivity index (χ2n) is 5.54. The van der Waals surface area contributed by atoms with Gasteiger partial charge < -0.3 is 14.7 Å². The Labute approximate surface area is 135 Å². The molecule has 1 N–H and O–H groups in total. The third-order valence-corrected chi connectivity index (χ3v) is 3.78. The number of rotatable bonds is 2. The van der Waals surface area contributed by atoms with Gasteiger partial charge in [-0.05, 0) is 38.0 Å². The molecule has 6 nitrogen and oxygen atoms in total. The molecule has 2 aromatic rings. The van der Waals surface area contributed by atoms with E-state index in [4.69, 9.17) is 4.52 Å². The third kappa shape index (κ3) is 3.34. The summed E-state index contributed by atoms with van der Waals surface area (Å²) in [5.41, 5.74) is -0.729. The van der Waals surface area contributed by atoms with Gasteiger partial charge in [0.2, 0.25) is 5.89 Å². The number of hydrogen-bond donors (Lipinski definition) is 1. The molecular formula is C15H15F3N4O2. The van der Waals surface area contributed by atoms with Gasteiger partial charge in [0, 0.05) is 12.2 Å². The van der Waals surface area contributed by atoms with E-state index < -0.39 is 17.8 Å². The maximum Gasteiger partial charge on any atom is 0.416 e. The molecule has 0 aliphatic carbocycles. The van der Waals surface area contributed by atoms with Crippen LogP contribution in [0, 0.1) is 6.92 Å². The Balaban J connectivity index is 1.75. The Bertz CT molecular complexity index is 744. The molecule has 1 unspecified atom stereocenters. The minimum absolute atomic E-state index is 0.0854. The first-order valence-corrected chi connectivity index (χ1v) is 7.39. The summed E-state index contributed by atoms with van der Waals surface area (Å²) in [7, 11) is 0. The number of carbonyl (C=O) groups is 1. The van der Waals surface area contributed by atoms with Crippen LogP contribution in [0.2, 0.25) is 0 Å². The summed E-state index contributed by atoms with van der Waals surface area (Å²) in [6.45, 7) is 2.14. The smallest absolute Gasteiger partial charge is 0.337 e. The number of urea groups is 1. The lowest BCUT2D eigenvalue weighted by Crippen LogP contribution is -2.34. The van der Waals surface area contributed by atoms with Crippen LogP contribution in [0.15, 0.2) is 28.8 Å². The zero-order valence-corrected chi connectivity index (χ0v) is 12.8. The number of hydrogen-bond acceptors (Lipinski definition) is 4. The molecule has 24 heavy (non-hydrogen) atoms. The van der Waals surface area contributed by atoms with Crippen molar-refractivity contribution < 1.29 is 22.5 Å². The van der Waals surface area contributed by atoms with Crippen LogP contribution in [0.5, 0.6) is 0 Å². The molecule has 0 bridgehead atoms. The van der Waals surface area contributed by atoms with E-state index in [9.17, 15) is 18.0 Å². The first-order valence-electron chi connectivity index (χ1n) is 7.39. The van der Waals surface area contributed by atoms with E-state index in [1.807, 2.05) is 0 Å². The topological polar surface area (TPSA) is 71.3 Å². The number of aromatic nitrogens is 2. The highest BCUT2D eigenvalue weighted by molar-refractivity contribution is 5.89. The summed E-state index contributed by atoms with van der Waals surface area (Å²) in [5.74, 6) is 0.805. The van der Waals surface area contributed by atoms with E-state index in [2.05, 4.69) is 15.5 Å². The van der Waals surface area contributed by atoms with Crippen LogP contribution in [0.3, 0.4) is 0 Å². The van der Waals surface area contributed by atoms with Crippen molar-refractivity contribution in [2.75, 3.05) is 11.9 Å². The van der Waals surface area contributed by atoms with Gasteiger partial charge in [-0.3, -0.25) is 0 Å². The Hall–Kier alpha value is -2.58. The van der Waals surface area contributed by atoms with E-state index in [1.54, 1.807) is 6.92 Å². The van der Waals surface area contributed by atoms with Crippen molar-refractivity contribution in [3.8, 4) is 0 Å². The number of aryl methyl sites for hydroxylation is 1. The van der Waals surface area contributed by atoms with Crippen LogP contribution < -0.4 is 5.32 Å². The lowest BCUT2D eigenvalue weighted by Gasteiger charge is -2.22. The van der Waals surface area contributed by atoms with Crippen LogP contribution in [0.4, 0.5) is 23.7 Å². The van der Waals surface area contributed by atoms with Gasteiger partial charge in [0.1, 0.15) is 6.04 Å². The van der Waals surface area contributed by atoms with Gasteiger partial charge in [0.25, 0.3) is 0 Å². The zero-order valence-electron chi connectivity index (χ0n) is 12.8. The van der Waals surface area contributed by atoms with Gasteiger partial charge in [-0.2, -0.15) is 18.2 Å². The number of halogens is 3. The number of nitrogens with one attached hydrogen (secondary N) is 1. The summed E-state index contributed by atoms with van der Waals surface area (Å²) < 4.78 is 43.3. The number of nitrogens with zero attached hydrogens (tertiary/aromatic N) is 3. The molecule has 1 aromatic heterocycles. The Morgan fingerprint density at radius 3 is 2.88 bits per heavy atom. The Morgan fingerprint density at radius 2 is 2.21 bits per heavy atom. The molecular weight excluding hydrogens is 325 g/mol. The fourth-order valence-electron chi connectivity index (χ4n) is 2.68. The molecule has 0 radical (unpaired) electrons. The maximum atomic E-state index is 12.7. The average Bonchev–Trinajstić information content (AvgIpc) is 3.15. The fraction of sp³-hybridized carbons (Fsp3) is 0.400. The number of likely N-dealkylation sites (tertiary alicyclic amines) is 1. The van der Waals surface area contributed by atoms with Crippen LogP contribution in [-0.4, -0.2) is 27.6 Å². The monoisotopic (exact) mass is 340 g/mol. The van der Waals surface area contributed by atoms with Gasteiger partial charge in [0.15, 0.2) is 5.82 Å². The number of amides is 2. The normalized spacial score (nSPS) is 18.0. The summed E-state index contributed by atoms with van der Waals surface area (Å²) in [4.78, 5) is 18.0. The first-order chi connectivity index (χ1) is 11.3. The molecule has 3 rings (SSSR count). The van der Waals surface area contributed by atoms with Gasteiger partial charge in [0.05, 0.1) is 5.56 Å². The number of benzene rings is 1. The van der Waals surface area contributed by atoms with Crippen molar-refractivity contribution in [3.63, 3.8) is 0 Å². The molecule has 1 aromatic carbocycles. The molecule has 1 saturated heterocycles. The van der Waals surface area contributed by atoms with Crippen LogP contribution in [-0.2, 0) is 6.18 Å². The lowest BCUT2D eigenvalue weighted by molar-refractivity contribution is -0.137. The third-order valence-electron chi connectivity index (χ3n) is 3.78. The minimum atomic E-state index is -4.46. The summed E-state index contributed by atoms with van der Waals surface area (Å²) in [5, 5.41) is 6.21. The fourth-order valence-corrected chi connectivity index (χ4v) is 2.68. The van der Waals surface area contributed by atoms with Gasteiger partial charge in [-0.15, -0.1) is 0 Å². The summed E-state index contributed by atoms with van der Waals surface area (Å²) in [6, 6.07) is 3.66. The number of alkyl halides is 3. The van der Waals surface area contributed by atoms with Crippen LogP contribution in [0.1, 0.15) is 36.2 Å². The van der Waals surface area contributed by atoms with E-state index in [0.29, 0.717) is 24.7 Å². The lowest BCUT2D eigenvalue weighted by atomic mass is 10.2. The van der Waals surface area contributed by atoms with E-state index in [0.717, 1.165) is 18.6 Å². The van der Waals surface area contributed by atoms with Gasteiger partial charge in [-0.25, -0.2) is 4.79 Å². The van der Waals surface area contributed by atoms with E-state index in [-0.39, 0.29) is 11.7 Å². The molecule has 9 heteroatoms. The molecule has 1 aliphatic rings. The van der Waals surface area contributed by atoms with Gasteiger partial charge >= 0.3 is 12.2 Å². The Morgan fingerprint density at radius 1 is 1.42 bits per heavy atom. The first kappa shape index (κ1) is 16.3. The predicted molar refractivity (Wildman–Crippen MR) is 78.2 cm³/mol. The van der Waals surface area contributed by atoms with Crippen molar-refractivity contribution in [1.29, 1.82) is 0 Å². The highest BCUT2D eigenvalue weighted by Gasteiger charge is 2.34. The van der Waals surface area contributed by atoms with E-state index >= 15 is 0 Å². The molecule has 0 spiro atoms. The summed E-state index contributed by atoms with van der Waals surface area (Å²) in [6.07, 6.45) is -3.04. The molecule has 1 atom stereocenters. The van der Waals surface area contributed by atoms with Crippen molar-refractivity contribution in [2.24, 2.45) is 0 Å². The summed E-state index contributed by atoms with van der Waals surface area (Å²) >= 11 is 0. The van der Waals surface area contributed by atoms with Crippen molar-refractivity contribution >= 4 is 11.7 Å². The van der Waals surface area contributed by atoms with Gasteiger partial charge in [-0.1, -0.05) is 11.2 Å². The Kier molecular flexibility index (Phi) is 4.16. The minimum Gasteiger partial charge on any atom is -0.337 e. The molecule has 128 valence electrons. The van der Waals surface area contributed by atoms with E-state index in [1.165, 1.54) is 17.0 Å². The van der Waals surface area contributed by atoms with Crippen LogP contribution in [0.25, 0.3) is 0 Å². The standard InChI is InChI=1S/C15H15F3N4O2/c1-9-19-13(24-21-9)12-6-3-7-22(12)14(23)20-11-5-2-4-10(8-11)15(16,17)18/h2,4-5,8,12H,3,6-7H2,1H3,(H,20,23). The average molecular weight is 340 g/mol. The number of carbonyl (C=O) groups excluding carboxylic acids is 1. The zero-order chi connectivity index (χ0) is 17.3. The van der Waals surface area contributed by atoms with Crippen LogP contribution >= 0.6 is 0 Å². The second-order valence-corrected chi connectivity index (χ2v) is 5.54. The van der Waals surface area contributed by atoms with Crippen molar-refractivity contribution in [1.82, 2.24) is 15.0 Å². The molecule has 0 saturated carbocycles. The second kappa shape index (κ2) is 6.14. The maximum absolute atomic E-state index is 12.7. The largest absolute Gasteiger partial charge is 0.416 e. The molecule has 2 heterocycles. The van der Waals surface area contributed by atoms with Crippen molar-refractivity contribution in [2.45, 2.75) is 32.0 Å². The molecule has 1 aliphatic heterocycles. The SMILES string of the molecule is Cc1noc(C2CCCN2C(=O)Nc2cccc(C(F)(F)F)c2)n1.